The van der Waals surface area contributed by atoms with E-state index < -0.39 is 0 Å². The van der Waals surface area contributed by atoms with E-state index in [1.807, 2.05) is 24.3 Å². The van der Waals surface area contributed by atoms with Crippen molar-refractivity contribution in [2.75, 3.05) is 13.2 Å². The molecule has 0 atom stereocenters. The molecule has 1 aliphatic heterocycles. The molecule has 1 aromatic carbocycles. The van der Waals surface area contributed by atoms with Crippen molar-refractivity contribution < 1.29 is 14.3 Å². The molecule has 1 aromatic rings. The summed E-state index contributed by atoms with van der Waals surface area (Å²) in [4.78, 5) is 11.2. The van der Waals surface area contributed by atoms with Crippen molar-refractivity contribution in [3.63, 3.8) is 0 Å². The maximum absolute atomic E-state index is 11.2. The average molecular weight is 244 g/mol. The summed E-state index contributed by atoms with van der Waals surface area (Å²) < 4.78 is 10.4. The van der Waals surface area contributed by atoms with Crippen LogP contribution in [-0.2, 0) is 16.0 Å². The number of esters is 1. The Bertz CT molecular complexity index is 487. The van der Waals surface area contributed by atoms with Gasteiger partial charge >= 0.3 is 5.97 Å². The Hall–Kier alpha value is -2.03. The summed E-state index contributed by atoms with van der Waals surface area (Å²) in [7, 11) is 0. The lowest BCUT2D eigenvalue weighted by molar-refractivity contribution is -0.137. The van der Waals surface area contributed by atoms with Gasteiger partial charge in [0.25, 0.3) is 0 Å². The van der Waals surface area contributed by atoms with Crippen molar-refractivity contribution in [1.82, 2.24) is 0 Å². The molecule has 0 aromatic heterocycles. The van der Waals surface area contributed by atoms with E-state index in [4.69, 9.17) is 9.47 Å². The number of benzene rings is 1. The molecule has 3 nitrogen and oxygen atoms in total. The molecule has 3 heteroatoms. The molecule has 18 heavy (non-hydrogen) atoms. The molecule has 0 aliphatic carbocycles. The third kappa shape index (κ3) is 3.23. The van der Waals surface area contributed by atoms with Crippen molar-refractivity contribution in [2.45, 2.75) is 13.3 Å². The zero-order valence-electron chi connectivity index (χ0n) is 10.4. The normalized spacial score (nSPS) is 13.8. The minimum Gasteiger partial charge on any atom is -0.489 e. The van der Waals surface area contributed by atoms with Gasteiger partial charge in [-0.1, -0.05) is 24.3 Å². The van der Waals surface area contributed by atoms with E-state index >= 15 is 0 Å². The predicted molar refractivity (Wildman–Crippen MR) is 70.4 cm³/mol. The zero-order chi connectivity index (χ0) is 12.8. The van der Waals surface area contributed by atoms with Gasteiger partial charge in [-0.05, 0) is 36.6 Å². The van der Waals surface area contributed by atoms with Crippen LogP contribution in [0, 0.1) is 0 Å². The summed E-state index contributed by atoms with van der Waals surface area (Å²) in [6.45, 7) is 2.77. The Morgan fingerprint density at radius 2 is 2.33 bits per heavy atom. The lowest BCUT2D eigenvalue weighted by Gasteiger charge is -2.07. The lowest BCUT2D eigenvalue weighted by atomic mass is 10.1. The highest BCUT2D eigenvalue weighted by molar-refractivity contribution is 5.87. The molecule has 0 unspecified atom stereocenters. The highest BCUT2D eigenvalue weighted by Crippen LogP contribution is 2.23. The quantitative estimate of drug-likeness (QED) is 0.466. The number of ether oxygens (including phenoxy) is 2. The summed E-state index contributed by atoms with van der Waals surface area (Å²) in [6, 6.07) is 5.94. The van der Waals surface area contributed by atoms with Gasteiger partial charge in [-0.15, -0.1) is 0 Å². The number of allylic oxidation sites excluding steroid dienone is 1. The fourth-order valence-electron chi connectivity index (χ4n) is 1.75. The predicted octanol–water partition coefficient (Wildman–Crippen LogP) is 2.75. The fourth-order valence-corrected chi connectivity index (χ4v) is 1.75. The van der Waals surface area contributed by atoms with Crippen molar-refractivity contribution in [3.8, 4) is 5.75 Å². The van der Waals surface area contributed by atoms with Gasteiger partial charge in [0.2, 0.25) is 0 Å². The lowest BCUT2D eigenvalue weighted by Crippen LogP contribution is -1.98. The van der Waals surface area contributed by atoms with E-state index in [0.29, 0.717) is 13.2 Å². The first-order valence-corrected chi connectivity index (χ1v) is 6.05. The molecule has 0 radical (unpaired) electrons. The minimum atomic E-state index is -0.324. The largest absolute Gasteiger partial charge is 0.489 e. The molecular formula is C15H16O3. The van der Waals surface area contributed by atoms with Crippen LogP contribution in [-0.4, -0.2) is 19.2 Å². The molecule has 0 amide bonds. The van der Waals surface area contributed by atoms with Crippen molar-refractivity contribution in [3.05, 3.63) is 47.6 Å². The zero-order valence-corrected chi connectivity index (χ0v) is 10.4. The Labute approximate surface area is 107 Å². The molecule has 94 valence electrons. The first kappa shape index (κ1) is 12.4. The molecule has 0 N–H and O–H groups in total. The van der Waals surface area contributed by atoms with Gasteiger partial charge < -0.3 is 9.47 Å². The molecule has 0 spiro atoms. The Morgan fingerprint density at radius 3 is 3.17 bits per heavy atom. The van der Waals surface area contributed by atoms with E-state index in [0.717, 1.165) is 23.3 Å². The maximum Gasteiger partial charge on any atom is 0.330 e. The molecule has 1 aliphatic rings. The van der Waals surface area contributed by atoms with Gasteiger partial charge in [0, 0.05) is 6.08 Å². The Morgan fingerprint density at radius 1 is 1.44 bits per heavy atom. The summed E-state index contributed by atoms with van der Waals surface area (Å²) in [5.74, 6) is 0.557. The molecule has 0 fully saturated rings. The minimum absolute atomic E-state index is 0.324. The third-order valence-electron chi connectivity index (χ3n) is 2.63. The van der Waals surface area contributed by atoms with E-state index in [1.165, 1.54) is 6.08 Å². The summed E-state index contributed by atoms with van der Waals surface area (Å²) in [5.41, 5.74) is 2.10. The SMILES string of the molecule is CCOC(=O)/C=C/c1ccc2c(c1)OCC=CC2. The highest BCUT2D eigenvalue weighted by atomic mass is 16.5. The van der Waals surface area contributed by atoms with Crippen LogP contribution in [0.2, 0.25) is 0 Å². The standard InChI is InChI=1S/C15H16O3/c1-2-17-15(16)9-7-12-6-8-13-5-3-4-10-18-14(13)11-12/h3-4,6-9,11H,2,5,10H2,1H3/b9-7+. The van der Waals surface area contributed by atoms with Crippen LogP contribution in [0.4, 0.5) is 0 Å². The van der Waals surface area contributed by atoms with Gasteiger partial charge in [-0.3, -0.25) is 0 Å². The molecule has 2 rings (SSSR count). The van der Waals surface area contributed by atoms with Crippen LogP contribution in [0.5, 0.6) is 5.75 Å². The molecule has 0 bridgehead atoms. The number of hydrogen-bond acceptors (Lipinski definition) is 3. The van der Waals surface area contributed by atoms with Crippen molar-refractivity contribution in [1.29, 1.82) is 0 Å². The fraction of sp³-hybridized carbons (Fsp3) is 0.267. The van der Waals surface area contributed by atoms with Crippen LogP contribution in [0.25, 0.3) is 6.08 Å². The van der Waals surface area contributed by atoms with Crippen LogP contribution in [0.1, 0.15) is 18.1 Å². The first-order valence-electron chi connectivity index (χ1n) is 6.05. The second-order valence-corrected chi connectivity index (χ2v) is 3.94. The Kier molecular flexibility index (Phi) is 4.18. The topological polar surface area (TPSA) is 35.5 Å². The van der Waals surface area contributed by atoms with Crippen LogP contribution < -0.4 is 4.74 Å². The number of hydrogen-bond donors (Lipinski definition) is 0. The van der Waals surface area contributed by atoms with Crippen molar-refractivity contribution >= 4 is 12.0 Å². The van der Waals surface area contributed by atoms with Gasteiger partial charge in [0.1, 0.15) is 12.4 Å². The molecular weight excluding hydrogens is 228 g/mol. The van der Waals surface area contributed by atoms with E-state index in [1.54, 1.807) is 13.0 Å². The Balaban J connectivity index is 2.12. The second-order valence-electron chi connectivity index (χ2n) is 3.94. The van der Waals surface area contributed by atoms with Gasteiger partial charge in [0.05, 0.1) is 6.61 Å². The molecule has 0 saturated carbocycles. The van der Waals surface area contributed by atoms with Gasteiger partial charge in [-0.25, -0.2) is 4.79 Å². The summed E-state index contributed by atoms with van der Waals surface area (Å²) in [5, 5.41) is 0. The van der Waals surface area contributed by atoms with E-state index in [2.05, 4.69) is 6.08 Å². The summed E-state index contributed by atoms with van der Waals surface area (Å²) >= 11 is 0. The number of carbonyl (C=O) groups is 1. The third-order valence-corrected chi connectivity index (χ3v) is 2.63. The van der Waals surface area contributed by atoms with Gasteiger partial charge in [0.15, 0.2) is 0 Å². The second kappa shape index (κ2) is 6.05. The first-order chi connectivity index (χ1) is 8.79. The molecule has 0 saturated heterocycles. The van der Waals surface area contributed by atoms with Gasteiger partial charge in [-0.2, -0.15) is 0 Å². The average Bonchev–Trinajstić information content (AvgIpc) is 2.61. The van der Waals surface area contributed by atoms with Crippen LogP contribution in [0.15, 0.2) is 36.4 Å². The summed E-state index contributed by atoms with van der Waals surface area (Å²) in [6.07, 6.45) is 8.16. The molecule has 1 heterocycles. The maximum atomic E-state index is 11.2. The monoisotopic (exact) mass is 244 g/mol. The van der Waals surface area contributed by atoms with E-state index in [-0.39, 0.29) is 5.97 Å². The van der Waals surface area contributed by atoms with Crippen LogP contribution in [0.3, 0.4) is 0 Å². The van der Waals surface area contributed by atoms with Crippen LogP contribution >= 0.6 is 0 Å². The van der Waals surface area contributed by atoms with E-state index in [9.17, 15) is 4.79 Å². The number of fused-ring (bicyclic) bond motifs is 1. The highest BCUT2D eigenvalue weighted by Gasteiger charge is 2.05. The smallest absolute Gasteiger partial charge is 0.330 e. The number of rotatable bonds is 3. The number of carbonyl (C=O) groups excluding carboxylic acids is 1. The van der Waals surface area contributed by atoms with Crippen molar-refractivity contribution in [2.24, 2.45) is 0 Å².